The Hall–Kier alpha value is -3.21. The number of aromatic nitrogens is 3. The predicted octanol–water partition coefficient (Wildman–Crippen LogP) is 3.86. The monoisotopic (exact) mass is 317 g/mol. The van der Waals surface area contributed by atoms with Crippen LogP contribution in [0, 0.1) is 13.8 Å². The summed E-state index contributed by atoms with van der Waals surface area (Å²) in [6, 6.07) is 15.9. The zero-order chi connectivity index (χ0) is 16.7. The molecule has 0 radical (unpaired) electrons. The maximum Gasteiger partial charge on any atom is 0.294 e. The molecule has 0 aliphatic carbocycles. The summed E-state index contributed by atoms with van der Waals surface area (Å²) in [7, 11) is 0. The third-order valence-corrected chi connectivity index (χ3v) is 4.05. The number of nitrogens with one attached hydrogen (secondary N) is 1. The molecule has 0 spiro atoms. The van der Waals surface area contributed by atoms with E-state index < -0.39 is 0 Å². The van der Waals surface area contributed by atoms with Crippen LogP contribution in [0.15, 0.2) is 57.8 Å². The summed E-state index contributed by atoms with van der Waals surface area (Å²) < 4.78 is 5.50. The van der Waals surface area contributed by atoms with Gasteiger partial charge in [-0.25, -0.2) is 5.10 Å². The van der Waals surface area contributed by atoms with Crippen LogP contribution in [0.4, 0.5) is 0 Å². The summed E-state index contributed by atoms with van der Waals surface area (Å²) >= 11 is 0. The zero-order valence-electron chi connectivity index (χ0n) is 13.3. The second-order valence-electron chi connectivity index (χ2n) is 5.87. The molecule has 0 unspecified atom stereocenters. The lowest BCUT2D eigenvalue weighted by Gasteiger charge is -2.04. The van der Waals surface area contributed by atoms with E-state index in [0.29, 0.717) is 16.8 Å². The van der Waals surface area contributed by atoms with Crippen molar-refractivity contribution in [1.29, 1.82) is 0 Å². The SMILES string of the molecule is Cc1ccc(-c2n[nH]c(=O)c3noc(-c4ccc(C)cc4)c23)cc1. The molecule has 1 N–H and O–H groups in total. The first kappa shape index (κ1) is 14.4. The Morgan fingerprint density at radius 1 is 0.875 bits per heavy atom. The van der Waals surface area contributed by atoms with Crippen molar-refractivity contribution in [3.8, 4) is 22.6 Å². The molecule has 0 amide bonds. The third-order valence-electron chi connectivity index (χ3n) is 4.05. The van der Waals surface area contributed by atoms with Crippen molar-refractivity contribution in [2.75, 3.05) is 0 Å². The third kappa shape index (κ3) is 2.31. The largest absolute Gasteiger partial charge is 0.355 e. The number of rotatable bonds is 2. The number of H-pyrrole nitrogens is 1. The first-order valence-corrected chi connectivity index (χ1v) is 7.65. The number of benzene rings is 2. The molecule has 0 atom stereocenters. The van der Waals surface area contributed by atoms with E-state index in [-0.39, 0.29) is 11.1 Å². The Kier molecular flexibility index (Phi) is 3.27. The second-order valence-corrected chi connectivity index (χ2v) is 5.87. The number of hydrogen-bond donors (Lipinski definition) is 1. The van der Waals surface area contributed by atoms with E-state index in [1.807, 2.05) is 62.4 Å². The number of hydrogen-bond acceptors (Lipinski definition) is 4. The van der Waals surface area contributed by atoms with Gasteiger partial charge in [-0.1, -0.05) is 64.8 Å². The Bertz CT molecular complexity index is 1070. The normalized spacial score (nSPS) is 11.1. The van der Waals surface area contributed by atoms with E-state index in [9.17, 15) is 4.79 Å². The maximum atomic E-state index is 12.1. The van der Waals surface area contributed by atoms with E-state index in [2.05, 4.69) is 15.4 Å². The maximum absolute atomic E-state index is 12.1. The number of nitrogens with zero attached hydrogens (tertiary/aromatic N) is 2. The highest BCUT2D eigenvalue weighted by atomic mass is 16.5. The van der Waals surface area contributed by atoms with Gasteiger partial charge in [0.05, 0.1) is 5.39 Å². The van der Waals surface area contributed by atoms with Crippen LogP contribution >= 0.6 is 0 Å². The molecular weight excluding hydrogens is 302 g/mol. The molecule has 2 aromatic carbocycles. The fraction of sp³-hybridized carbons (Fsp3) is 0.105. The molecule has 4 rings (SSSR count). The number of aromatic amines is 1. The van der Waals surface area contributed by atoms with Gasteiger partial charge in [0.25, 0.3) is 5.56 Å². The quantitative estimate of drug-likeness (QED) is 0.609. The van der Waals surface area contributed by atoms with Crippen molar-refractivity contribution >= 4 is 10.9 Å². The molecule has 2 aromatic heterocycles. The zero-order valence-corrected chi connectivity index (χ0v) is 13.3. The molecule has 0 aliphatic rings. The van der Waals surface area contributed by atoms with Gasteiger partial charge < -0.3 is 4.52 Å². The van der Waals surface area contributed by atoms with Crippen molar-refractivity contribution in [3.63, 3.8) is 0 Å². The van der Waals surface area contributed by atoms with E-state index in [1.165, 1.54) is 0 Å². The molecule has 118 valence electrons. The molecular formula is C19H15N3O2. The highest BCUT2D eigenvalue weighted by Crippen LogP contribution is 2.33. The van der Waals surface area contributed by atoms with Crippen LogP contribution in [0.5, 0.6) is 0 Å². The lowest BCUT2D eigenvalue weighted by molar-refractivity contribution is 0.440. The van der Waals surface area contributed by atoms with Gasteiger partial charge in [0.2, 0.25) is 0 Å². The average molecular weight is 317 g/mol. The highest BCUT2D eigenvalue weighted by Gasteiger charge is 2.19. The summed E-state index contributed by atoms with van der Waals surface area (Å²) in [6.45, 7) is 4.04. The lowest BCUT2D eigenvalue weighted by Crippen LogP contribution is -2.09. The fourth-order valence-corrected chi connectivity index (χ4v) is 2.70. The molecule has 5 heteroatoms. The van der Waals surface area contributed by atoms with E-state index in [1.54, 1.807) is 0 Å². The minimum Gasteiger partial charge on any atom is -0.355 e. The van der Waals surface area contributed by atoms with Gasteiger partial charge in [0.1, 0.15) is 5.69 Å². The van der Waals surface area contributed by atoms with Crippen LogP contribution < -0.4 is 5.56 Å². The van der Waals surface area contributed by atoms with Gasteiger partial charge in [-0.2, -0.15) is 5.10 Å². The van der Waals surface area contributed by atoms with Crippen molar-refractivity contribution in [2.45, 2.75) is 13.8 Å². The van der Waals surface area contributed by atoms with Crippen molar-refractivity contribution in [2.24, 2.45) is 0 Å². The lowest BCUT2D eigenvalue weighted by atomic mass is 10.0. The molecule has 0 aliphatic heterocycles. The topological polar surface area (TPSA) is 71.8 Å². The smallest absolute Gasteiger partial charge is 0.294 e. The summed E-state index contributed by atoms with van der Waals surface area (Å²) in [6.07, 6.45) is 0. The molecule has 0 saturated heterocycles. The van der Waals surface area contributed by atoms with Crippen molar-refractivity contribution < 1.29 is 4.52 Å². The number of aryl methyl sites for hydroxylation is 2. The standard InChI is InChI=1S/C19H15N3O2/c1-11-3-7-13(8-4-11)16-15-17(19(23)21-20-16)22-24-18(15)14-9-5-12(2)6-10-14/h3-10H,1-2H3,(H,21,23). The Morgan fingerprint density at radius 3 is 2.08 bits per heavy atom. The van der Waals surface area contributed by atoms with Gasteiger partial charge in [-0.05, 0) is 13.8 Å². The van der Waals surface area contributed by atoms with Crippen LogP contribution in [0.1, 0.15) is 11.1 Å². The minimum atomic E-state index is -0.358. The molecule has 0 bridgehead atoms. The molecule has 5 nitrogen and oxygen atoms in total. The Morgan fingerprint density at radius 2 is 1.46 bits per heavy atom. The molecule has 4 aromatic rings. The first-order chi connectivity index (χ1) is 11.6. The summed E-state index contributed by atoms with van der Waals surface area (Å²) in [4.78, 5) is 12.1. The van der Waals surface area contributed by atoms with Gasteiger partial charge in [0, 0.05) is 11.1 Å². The van der Waals surface area contributed by atoms with Crippen LogP contribution in [0.3, 0.4) is 0 Å². The van der Waals surface area contributed by atoms with Crippen LogP contribution in [0.2, 0.25) is 0 Å². The van der Waals surface area contributed by atoms with Crippen LogP contribution in [0.25, 0.3) is 33.5 Å². The van der Waals surface area contributed by atoms with Gasteiger partial charge in [-0.3, -0.25) is 4.79 Å². The number of fused-ring (bicyclic) bond motifs is 1. The molecule has 2 heterocycles. The summed E-state index contributed by atoms with van der Waals surface area (Å²) in [5.41, 5.74) is 4.63. The average Bonchev–Trinajstić information content (AvgIpc) is 3.03. The van der Waals surface area contributed by atoms with Crippen molar-refractivity contribution in [3.05, 3.63) is 70.0 Å². The van der Waals surface area contributed by atoms with E-state index >= 15 is 0 Å². The second kappa shape index (κ2) is 5.45. The summed E-state index contributed by atoms with van der Waals surface area (Å²) in [5.74, 6) is 0.555. The van der Waals surface area contributed by atoms with Gasteiger partial charge in [0.15, 0.2) is 11.3 Å². The molecule has 0 saturated carbocycles. The Labute approximate surface area is 137 Å². The van der Waals surface area contributed by atoms with Crippen LogP contribution in [-0.2, 0) is 0 Å². The van der Waals surface area contributed by atoms with Crippen molar-refractivity contribution in [1.82, 2.24) is 15.4 Å². The fourth-order valence-electron chi connectivity index (χ4n) is 2.70. The predicted molar refractivity (Wildman–Crippen MR) is 92.8 cm³/mol. The summed E-state index contributed by atoms with van der Waals surface area (Å²) in [5, 5.41) is 11.3. The first-order valence-electron chi connectivity index (χ1n) is 7.65. The van der Waals surface area contributed by atoms with Crippen LogP contribution in [-0.4, -0.2) is 15.4 Å². The van der Waals surface area contributed by atoms with E-state index in [4.69, 9.17) is 4.52 Å². The van der Waals surface area contributed by atoms with Gasteiger partial charge in [-0.15, -0.1) is 0 Å². The van der Waals surface area contributed by atoms with Gasteiger partial charge >= 0.3 is 0 Å². The molecule has 0 fully saturated rings. The molecule has 24 heavy (non-hydrogen) atoms. The minimum absolute atomic E-state index is 0.260. The van der Waals surface area contributed by atoms with E-state index in [0.717, 1.165) is 22.3 Å². The Balaban J connectivity index is 2.02. The highest BCUT2D eigenvalue weighted by molar-refractivity contribution is 6.00.